The van der Waals surface area contributed by atoms with Gasteiger partial charge in [-0.15, -0.1) is 5.10 Å². The smallest absolute Gasteiger partial charge is 0.344 e. The zero-order valence-electron chi connectivity index (χ0n) is 15.1. The first kappa shape index (κ1) is 18.5. The van der Waals surface area contributed by atoms with Crippen molar-refractivity contribution < 1.29 is 19.1 Å². The Labute approximate surface area is 146 Å². The number of hydrogen-bond acceptors (Lipinski definition) is 6. The van der Waals surface area contributed by atoms with Crippen molar-refractivity contribution in [1.29, 1.82) is 0 Å². The van der Waals surface area contributed by atoms with Gasteiger partial charge in [0.15, 0.2) is 5.82 Å². The highest BCUT2D eigenvalue weighted by Gasteiger charge is 2.32. The third kappa shape index (κ3) is 3.65. The fourth-order valence-corrected chi connectivity index (χ4v) is 2.32. The lowest BCUT2D eigenvalue weighted by Crippen LogP contribution is -2.28. The van der Waals surface area contributed by atoms with Crippen LogP contribution in [0, 0.1) is 5.41 Å². The van der Waals surface area contributed by atoms with E-state index in [1.54, 1.807) is 59.1 Å². The summed E-state index contributed by atoms with van der Waals surface area (Å²) in [5.41, 5.74) is 6.26. The summed E-state index contributed by atoms with van der Waals surface area (Å²) in [6.45, 7) is 7.21. The van der Waals surface area contributed by atoms with E-state index in [0.29, 0.717) is 17.0 Å². The molecular formula is C18H23N3O4. The van der Waals surface area contributed by atoms with Gasteiger partial charge in [-0.3, -0.25) is 4.79 Å². The van der Waals surface area contributed by atoms with Gasteiger partial charge in [0.1, 0.15) is 11.3 Å². The highest BCUT2D eigenvalue weighted by molar-refractivity contribution is 6.03. The second kappa shape index (κ2) is 6.96. The average molecular weight is 345 g/mol. The van der Waals surface area contributed by atoms with Gasteiger partial charge in [0.2, 0.25) is 0 Å². The summed E-state index contributed by atoms with van der Waals surface area (Å²) in [4.78, 5) is 25.2. The first-order valence-electron chi connectivity index (χ1n) is 7.95. The summed E-state index contributed by atoms with van der Waals surface area (Å²) >= 11 is 0. The number of carbonyl (C=O) groups is 2. The molecule has 1 aromatic heterocycles. The molecule has 0 saturated heterocycles. The molecule has 134 valence electrons. The van der Waals surface area contributed by atoms with E-state index < -0.39 is 11.4 Å². The second-order valence-electron chi connectivity index (χ2n) is 6.52. The molecule has 2 aromatic rings. The van der Waals surface area contributed by atoms with Crippen LogP contribution in [0.5, 0.6) is 5.75 Å². The van der Waals surface area contributed by atoms with Crippen LogP contribution in [0.2, 0.25) is 0 Å². The molecule has 7 heteroatoms. The van der Waals surface area contributed by atoms with Crippen molar-refractivity contribution >= 4 is 17.7 Å². The number of anilines is 1. The van der Waals surface area contributed by atoms with Crippen molar-refractivity contribution in [2.45, 2.75) is 27.7 Å². The lowest BCUT2D eigenvalue weighted by molar-refractivity contribution is 0.0528. The molecule has 0 spiro atoms. The zero-order valence-corrected chi connectivity index (χ0v) is 15.1. The molecule has 0 aliphatic rings. The van der Waals surface area contributed by atoms with E-state index in [9.17, 15) is 9.59 Å². The van der Waals surface area contributed by atoms with Gasteiger partial charge in [-0.1, -0.05) is 20.8 Å². The van der Waals surface area contributed by atoms with Crippen LogP contribution >= 0.6 is 0 Å². The van der Waals surface area contributed by atoms with Crippen molar-refractivity contribution in [3.8, 4) is 17.0 Å². The predicted molar refractivity (Wildman–Crippen MR) is 94.7 cm³/mol. The van der Waals surface area contributed by atoms with E-state index >= 15 is 0 Å². The van der Waals surface area contributed by atoms with Crippen molar-refractivity contribution in [2.75, 3.05) is 19.5 Å². The van der Waals surface area contributed by atoms with Crippen LogP contribution in [0.3, 0.4) is 0 Å². The van der Waals surface area contributed by atoms with E-state index in [0.717, 1.165) is 0 Å². The van der Waals surface area contributed by atoms with Crippen LogP contribution in [-0.4, -0.2) is 35.4 Å². The highest BCUT2D eigenvalue weighted by atomic mass is 16.5. The normalized spacial score (nSPS) is 11.2. The molecule has 0 aliphatic carbocycles. The number of nitrogen functional groups attached to an aromatic ring is 1. The Morgan fingerprint density at radius 2 is 1.80 bits per heavy atom. The zero-order chi connectivity index (χ0) is 18.8. The number of carbonyl (C=O) groups excluding carboxylic acids is 2. The van der Waals surface area contributed by atoms with Gasteiger partial charge >= 0.3 is 5.97 Å². The van der Waals surface area contributed by atoms with Gasteiger partial charge in [0, 0.05) is 11.0 Å². The van der Waals surface area contributed by atoms with Gasteiger partial charge in [-0.05, 0) is 31.2 Å². The van der Waals surface area contributed by atoms with E-state index in [-0.39, 0.29) is 23.9 Å². The maximum atomic E-state index is 12.8. The SMILES string of the molecule is CCOC(=O)c1c(N)nn(C(=O)C(C)(C)C)c1-c1ccc(OC)cc1. The molecule has 0 fully saturated rings. The van der Waals surface area contributed by atoms with Crippen molar-refractivity contribution in [3.63, 3.8) is 0 Å². The predicted octanol–water partition coefficient (Wildman–Crippen LogP) is 3.00. The number of methoxy groups -OCH3 is 1. The number of hydrogen-bond donors (Lipinski definition) is 1. The molecule has 25 heavy (non-hydrogen) atoms. The molecule has 0 bridgehead atoms. The molecule has 0 atom stereocenters. The van der Waals surface area contributed by atoms with E-state index in [1.807, 2.05) is 0 Å². The Kier molecular flexibility index (Phi) is 5.15. The number of esters is 1. The van der Waals surface area contributed by atoms with Crippen molar-refractivity contribution in [2.24, 2.45) is 5.41 Å². The van der Waals surface area contributed by atoms with Crippen LogP contribution in [-0.2, 0) is 4.74 Å². The molecule has 0 saturated carbocycles. The Morgan fingerprint density at radius 1 is 1.20 bits per heavy atom. The number of ether oxygens (including phenoxy) is 2. The topological polar surface area (TPSA) is 96.4 Å². The average Bonchev–Trinajstić information content (AvgIpc) is 2.90. The number of aromatic nitrogens is 2. The fraction of sp³-hybridized carbons (Fsp3) is 0.389. The van der Waals surface area contributed by atoms with E-state index in [1.165, 1.54) is 4.68 Å². The maximum Gasteiger partial charge on any atom is 0.344 e. The van der Waals surface area contributed by atoms with Gasteiger partial charge in [-0.2, -0.15) is 4.68 Å². The summed E-state index contributed by atoms with van der Waals surface area (Å²) in [5, 5.41) is 4.11. The monoisotopic (exact) mass is 345 g/mol. The lowest BCUT2D eigenvalue weighted by atomic mass is 9.95. The minimum absolute atomic E-state index is 0.0399. The molecule has 1 heterocycles. The van der Waals surface area contributed by atoms with Crippen LogP contribution in [0.4, 0.5) is 5.82 Å². The largest absolute Gasteiger partial charge is 0.497 e. The number of rotatable bonds is 4. The first-order valence-corrected chi connectivity index (χ1v) is 7.95. The molecule has 7 nitrogen and oxygen atoms in total. The molecule has 0 aliphatic heterocycles. The molecule has 0 radical (unpaired) electrons. The summed E-state index contributed by atoms with van der Waals surface area (Å²) < 4.78 is 11.4. The Morgan fingerprint density at radius 3 is 2.28 bits per heavy atom. The minimum Gasteiger partial charge on any atom is -0.497 e. The Balaban J connectivity index is 2.70. The van der Waals surface area contributed by atoms with Gasteiger partial charge in [0.05, 0.1) is 19.4 Å². The number of nitrogens with zero attached hydrogens (tertiary/aromatic N) is 2. The second-order valence-corrected chi connectivity index (χ2v) is 6.52. The molecule has 1 aromatic carbocycles. The summed E-state index contributed by atoms with van der Waals surface area (Å²) in [6.07, 6.45) is 0. The Bertz CT molecular complexity index is 786. The van der Waals surface area contributed by atoms with Crippen molar-refractivity contribution in [3.05, 3.63) is 29.8 Å². The van der Waals surface area contributed by atoms with Gasteiger partial charge < -0.3 is 15.2 Å². The minimum atomic E-state index is -0.703. The van der Waals surface area contributed by atoms with Gasteiger partial charge in [0.25, 0.3) is 5.91 Å². The molecule has 2 rings (SSSR count). The number of benzene rings is 1. The molecular weight excluding hydrogens is 322 g/mol. The number of nitrogens with two attached hydrogens (primary N) is 1. The Hall–Kier alpha value is -2.83. The summed E-state index contributed by atoms with van der Waals surface area (Å²) in [5.74, 6) is -0.274. The maximum absolute atomic E-state index is 12.8. The van der Waals surface area contributed by atoms with Crippen LogP contribution in [0.15, 0.2) is 24.3 Å². The standard InChI is InChI=1S/C18H23N3O4/c1-6-25-16(22)13-14(11-7-9-12(24-5)10-8-11)21(20-15(13)19)17(23)18(2,3)4/h7-10H,6H2,1-5H3,(H2,19,20). The van der Waals surface area contributed by atoms with Crippen LogP contribution < -0.4 is 10.5 Å². The van der Waals surface area contributed by atoms with Crippen LogP contribution in [0.25, 0.3) is 11.3 Å². The lowest BCUT2D eigenvalue weighted by Gasteiger charge is -2.18. The van der Waals surface area contributed by atoms with E-state index in [4.69, 9.17) is 15.2 Å². The highest BCUT2D eigenvalue weighted by Crippen LogP contribution is 2.32. The fourth-order valence-electron chi connectivity index (χ4n) is 2.32. The molecule has 2 N–H and O–H groups in total. The van der Waals surface area contributed by atoms with Gasteiger partial charge in [-0.25, -0.2) is 4.79 Å². The quantitative estimate of drug-likeness (QED) is 0.856. The molecule has 0 amide bonds. The first-order chi connectivity index (χ1) is 11.7. The summed E-state index contributed by atoms with van der Waals surface area (Å²) in [6, 6.07) is 6.95. The third-order valence-electron chi connectivity index (χ3n) is 3.59. The third-order valence-corrected chi connectivity index (χ3v) is 3.59. The molecule has 0 unspecified atom stereocenters. The van der Waals surface area contributed by atoms with Crippen LogP contribution in [0.1, 0.15) is 42.8 Å². The summed E-state index contributed by atoms with van der Waals surface area (Å²) in [7, 11) is 1.56. The van der Waals surface area contributed by atoms with Crippen molar-refractivity contribution in [1.82, 2.24) is 9.78 Å². The van der Waals surface area contributed by atoms with E-state index in [2.05, 4.69) is 5.10 Å².